The van der Waals surface area contributed by atoms with Gasteiger partial charge >= 0.3 is 0 Å². The van der Waals surface area contributed by atoms with Gasteiger partial charge in [-0.1, -0.05) is 72.5 Å². The average molecular weight is 547 g/mol. The third-order valence-electron chi connectivity index (χ3n) is 6.19. The summed E-state index contributed by atoms with van der Waals surface area (Å²) in [4.78, 5) is 33.6. The maximum atomic E-state index is 13.6. The molecule has 1 amide bonds. The van der Waals surface area contributed by atoms with Crippen LogP contribution in [0.3, 0.4) is 0 Å². The van der Waals surface area contributed by atoms with Gasteiger partial charge in [-0.15, -0.1) is 0 Å². The van der Waals surface area contributed by atoms with Crippen LogP contribution in [0.4, 0.5) is 0 Å². The normalized spacial score (nSPS) is 18.1. The zero-order valence-electron chi connectivity index (χ0n) is 18.8. The predicted octanol–water partition coefficient (Wildman–Crippen LogP) is 6.64. The Morgan fingerprint density at radius 1 is 1.17 bits per heavy atom. The second kappa shape index (κ2) is 9.93. The quantitative estimate of drug-likeness (QED) is 0.270. The summed E-state index contributed by atoms with van der Waals surface area (Å²) in [5, 5.41) is 0.732. The van der Waals surface area contributed by atoms with E-state index in [0.717, 1.165) is 31.2 Å². The van der Waals surface area contributed by atoms with Gasteiger partial charge in [0.15, 0.2) is 0 Å². The fourth-order valence-corrected chi connectivity index (χ4v) is 6.25. The maximum Gasteiger partial charge on any atom is 0.269 e. The number of carbonyl (C=O) groups excluding carboxylic acids is 1. The standard InChI is InChI=1S/C25H21Cl2N3O3S2/c1-14-6-5-11-29-21(14)28-22(33-19-10-9-15(26)12-18(19)27)17(23(29)31)13-20-24(32)30(25(34)35-20)16-7-3-2-4-8-16/h5-6,9-13,16H,2-4,7-8H2,1H3/b20-13+. The highest BCUT2D eigenvalue weighted by Gasteiger charge is 2.38. The van der Waals surface area contributed by atoms with E-state index in [1.807, 2.05) is 13.0 Å². The first kappa shape index (κ1) is 24.3. The monoisotopic (exact) mass is 545 g/mol. The molecule has 3 heterocycles. The Bertz CT molecular complexity index is 1450. The van der Waals surface area contributed by atoms with E-state index < -0.39 is 0 Å². The second-order valence-electron chi connectivity index (χ2n) is 8.54. The van der Waals surface area contributed by atoms with E-state index in [0.29, 0.717) is 25.6 Å². The largest absolute Gasteiger partial charge is 0.437 e. The van der Waals surface area contributed by atoms with Gasteiger partial charge in [-0.05, 0) is 55.7 Å². The summed E-state index contributed by atoms with van der Waals surface area (Å²) in [5.74, 6) is 0.165. The number of fused-ring (bicyclic) bond motifs is 1. The molecule has 0 spiro atoms. The molecule has 1 aliphatic heterocycles. The molecule has 180 valence electrons. The van der Waals surface area contributed by atoms with Gasteiger partial charge in [-0.2, -0.15) is 4.98 Å². The minimum absolute atomic E-state index is 0.0523. The minimum Gasteiger partial charge on any atom is -0.437 e. The number of hydrogen-bond acceptors (Lipinski definition) is 6. The molecular weight excluding hydrogens is 525 g/mol. The van der Waals surface area contributed by atoms with Crippen LogP contribution in [0.1, 0.15) is 43.2 Å². The molecule has 6 nitrogen and oxygen atoms in total. The van der Waals surface area contributed by atoms with Gasteiger partial charge in [0, 0.05) is 17.3 Å². The lowest BCUT2D eigenvalue weighted by molar-refractivity contribution is -0.124. The number of aryl methyl sites for hydroxylation is 1. The minimum atomic E-state index is -0.360. The van der Waals surface area contributed by atoms with Crippen LogP contribution in [0.25, 0.3) is 11.7 Å². The molecule has 1 saturated carbocycles. The van der Waals surface area contributed by atoms with Crippen molar-refractivity contribution in [2.75, 3.05) is 0 Å². The van der Waals surface area contributed by atoms with Gasteiger partial charge in [0.25, 0.3) is 11.5 Å². The third kappa shape index (κ3) is 4.72. The number of amides is 1. The maximum absolute atomic E-state index is 13.6. The predicted molar refractivity (Wildman–Crippen MR) is 145 cm³/mol. The van der Waals surface area contributed by atoms with E-state index >= 15 is 0 Å². The van der Waals surface area contributed by atoms with Crippen molar-refractivity contribution in [3.63, 3.8) is 0 Å². The van der Waals surface area contributed by atoms with Crippen LogP contribution in [0.5, 0.6) is 11.6 Å². The summed E-state index contributed by atoms with van der Waals surface area (Å²) in [5.41, 5.74) is 1.03. The zero-order chi connectivity index (χ0) is 24.7. The number of thiocarbonyl (C=S) groups is 1. The molecule has 0 bridgehead atoms. The lowest BCUT2D eigenvalue weighted by Crippen LogP contribution is -2.39. The average Bonchev–Trinajstić information content (AvgIpc) is 3.12. The molecule has 10 heteroatoms. The van der Waals surface area contributed by atoms with Crippen molar-refractivity contribution in [3.05, 3.63) is 73.0 Å². The molecule has 0 unspecified atom stereocenters. The number of thioether (sulfide) groups is 1. The summed E-state index contributed by atoms with van der Waals surface area (Å²) in [6, 6.07) is 8.52. The van der Waals surface area contributed by atoms with Crippen molar-refractivity contribution in [1.29, 1.82) is 0 Å². The fraction of sp³-hybridized carbons (Fsp3) is 0.280. The molecule has 3 aromatic rings. The first-order valence-electron chi connectivity index (χ1n) is 11.3. The molecule has 5 rings (SSSR count). The highest BCUT2D eigenvalue weighted by atomic mass is 35.5. The van der Waals surface area contributed by atoms with E-state index in [9.17, 15) is 9.59 Å². The van der Waals surface area contributed by atoms with Gasteiger partial charge < -0.3 is 4.74 Å². The number of ether oxygens (including phenoxy) is 1. The molecule has 1 aliphatic carbocycles. The first-order chi connectivity index (χ1) is 16.8. The topological polar surface area (TPSA) is 63.9 Å². The van der Waals surface area contributed by atoms with Crippen molar-refractivity contribution in [2.45, 2.75) is 45.1 Å². The van der Waals surface area contributed by atoms with E-state index in [1.54, 1.807) is 35.4 Å². The van der Waals surface area contributed by atoms with Crippen molar-refractivity contribution in [3.8, 4) is 11.6 Å². The molecule has 2 aromatic heterocycles. The zero-order valence-corrected chi connectivity index (χ0v) is 21.9. The SMILES string of the molecule is Cc1cccn2c(=O)c(/C=C3/SC(=S)N(C4CCCCC4)C3=O)c(Oc3ccc(Cl)cc3Cl)nc12. The Hall–Kier alpha value is -2.39. The summed E-state index contributed by atoms with van der Waals surface area (Å²) >= 11 is 19.1. The van der Waals surface area contributed by atoms with Crippen LogP contribution < -0.4 is 10.3 Å². The Balaban J connectivity index is 1.62. The number of carbonyl (C=O) groups is 1. The van der Waals surface area contributed by atoms with Crippen LogP contribution in [-0.2, 0) is 4.79 Å². The van der Waals surface area contributed by atoms with Gasteiger partial charge in [0.05, 0.1) is 9.93 Å². The summed E-state index contributed by atoms with van der Waals surface area (Å²) in [6.45, 7) is 1.86. The van der Waals surface area contributed by atoms with Gasteiger partial charge in [-0.25, -0.2) is 0 Å². The van der Waals surface area contributed by atoms with E-state index in [1.165, 1.54) is 28.7 Å². The Morgan fingerprint density at radius 3 is 2.69 bits per heavy atom. The smallest absolute Gasteiger partial charge is 0.269 e. The summed E-state index contributed by atoms with van der Waals surface area (Å²) < 4.78 is 7.99. The Morgan fingerprint density at radius 2 is 1.94 bits per heavy atom. The summed E-state index contributed by atoms with van der Waals surface area (Å²) in [6.07, 6.45) is 8.37. The highest BCUT2D eigenvalue weighted by molar-refractivity contribution is 8.26. The Labute approximate surface area is 221 Å². The number of benzene rings is 1. The van der Waals surface area contributed by atoms with Crippen LogP contribution in [0.15, 0.2) is 46.2 Å². The molecule has 2 fully saturated rings. The van der Waals surface area contributed by atoms with Crippen molar-refractivity contribution < 1.29 is 9.53 Å². The van der Waals surface area contributed by atoms with Crippen LogP contribution >= 0.6 is 47.2 Å². The van der Waals surface area contributed by atoms with E-state index in [4.69, 9.17) is 40.2 Å². The number of hydrogen-bond donors (Lipinski definition) is 0. The third-order valence-corrected chi connectivity index (χ3v) is 8.05. The molecule has 35 heavy (non-hydrogen) atoms. The molecule has 1 saturated heterocycles. The molecule has 0 atom stereocenters. The van der Waals surface area contributed by atoms with E-state index in [-0.39, 0.29) is 34.0 Å². The Kier molecular flexibility index (Phi) is 6.90. The van der Waals surface area contributed by atoms with Gasteiger partial charge in [0.2, 0.25) is 5.88 Å². The van der Waals surface area contributed by atoms with Gasteiger partial charge in [-0.3, -0.25) is 18.9 Å². The van der Waals surface area contributed by atoms with Crippen LogP contribution in [0, 0.1) is 6.92 Å². The number of halogens is 2. The molecule has 2 aliphatic rings. The molecule has 1 aromatic carbocycles. The number of pyridine rings is 1. The van der Waals surface area contributed by atoms with Crippen molar-refractivity contribution >= 4 is 69.1 Å². The number of rotatable bonds is 4. The second-order valence-corrected chi connectivity index (χ2v) is 11.1. The van der Waals surface area contributed by atoms with E-state index in [2.05, 4.69) is 4.98 Å². The number of nitrogens with zero attached hydrogens (tertiary/aromatic N) is 3. The molecule has 0 radical (unpaired) electrons. The molecular formula is C25H21Cl2N3O3S2. The summed E-state index contributed by atoms with van der Waals surface area (Å²) in [7, 11) is 0. The lowest BCUT2D eigenvalue weighted by Gasteiger charge is -2.29. The van der Waals surface area contributed by atoms with Crippen LogP contribution in [0.2, 0.25) is 10.0 Å². The first-order valence-corrected chi connectivity index (χ1v) is 13.2. The van der Waals surface area contributed by atoms with Crippen LogP contribution in [-0.4, -0.2) is 30.6 Å². The van der Waals surface area contributed by atoms with Gasteiger partial charge in [0.1, 0.15) is 21.3 Å². The van der Waals surface area contributed by atoms with Crippen molar-refractivity contribution in [2.24, 2.45) is 0 Å². The molecule has 0 N–H and O–H groups in total. The highest BCUT2D eigenvalue weighted by Crippen LogP contribution is 2.38. The van der Waals surface area contributed by atoms with Crippen molar-refractivity contribution in [1.82, 2.24) is 14.3 Å². The number of aromatic nitrogens is 2. The fourth-order valence-electron chi connectivity index (χ4n) is 4.42. The lowest BCUT2D eigenvalue weighted by atomic mass is 9.94.